The first-order valence-electron chi connectivity index (χ1n) is 17.1. The molecule has 1 atom stereocenters. The van der Waals surface area contributed by atoms with E-state index in [9.17, 15) is 0 Å². The zero-order chi connectivity index (χ0) is 33.0. The normalized spacial score (nSPS) is 16.9. The van der Waals surface area contributed by atoms with Crippen LogP contribution in [0.1, 0.15) is 37.0 Å². The molecule has 6 aromatic rings. The number of thioether (sulfide) groups is 1. The van der Waals surface area contributed by atoms with Gasteiger partial charge in [0.2, 0.25) is 0 Å². The highest BCUT2D eigenvalue weighted by molar-refractivity contribution is 8.18. The molecule has 0 amide bonds. The number of aliphatic imine (C=N–C) groups is 1. The van der Waals surface area contributed by atoms with Gasteiger partial charge in [0.1, 0.15) is 5.04 Å². The fourth-order valence-electron chi connectivity index (χ4n) is 7.63. The molecule has 0 spiro atoms. The van der Waals surface area contributed by atoms with E-state index in [4.69, 9.17) is 4.99 Å². The van der Waals surface area contributed by atoms with Gasteiger partial charge < -0.3 is 4.90 Å². The Morgan fingerprint density at radius 2 is 1.10 bits per heavy atom. The van der Waals surface area contributed by atoms with E-state index in [2.05, 4.69) is 183 Å². The van der Waals surface area contributed by atoms with E-state index in [1.165, 1.54) is 66.4 Å². The van der Waals surface area contributed by atoms with Gasteiger partial charge in [-0.25, -0.2) is 0 Å². The SMILES string of the molecule is CC1(C)c2ccccc2-c2ccc(N(C3=CC=C4SC(c5ccc(-c6ccccc6)cc5)=NC4C3)c3ccc(-c4ccccc4)cc3)cc21. The number of fused-ring (bicyclic) bond motifs is 4. The molecule has 2 aliphatic carbocycles. The molecular formula is C46H36N2S. The number of hydrogen-bond donors (Lipinski definition) is 0. The Hall–Kier alpha value is -5.38. The molecule has 0 bridgehead atoms. The van der Waals surface area contributed by atoms with Gasteiger partial charge in [-0.3, -0.25) is 4.99 Å². The topological polar surface area (TPSA) is 15.6 Å². The van der Waals surface area contributed by atoms with Crippen molar-refractivity contribution in [1.29, 1.82) is 0 Å². The van der Waals surface area contributed by atoms with Crippen molar-refractivity contribution in [2.75, 3.05) is 4.90 Å². The number of nitrogens with zero attached hydrogens (tertiary/aromatic N) is 2. The maximum Gasteiger partial charge on any atom is 0.103 e. The Morgan fingerprint density at radius 1 is 0.551 bits per heavy atom. The minimum absolute atomic E-state index is 0.0733. The van der Waals surface area contributed by atoms with Crippen molar-refractivity contribution < 1.29 is 0 Å². The van der Waals surface area contributed by atoms with Crippen molar-refractivity contribution in [3.63, 3.8) is 0 Å². The van der Waals surface area contributed by atoms with Crippen LogP contribution in [0, 0.1) is 0 Å². The summed E-state index contributed by atoms with van der Waals surface area (Å²) in [7, 11) is 0. The summed E-state index contributed by atoms with van der Waals surface area (Å²) >= 11 is 1.81. The standard InChI is InChI=1S/C46H36N2S/c1-46(2)41-16-10-9-15-39(41)40-27-25-37(29-42(40)46)48(36-23-21-34(22-24-36)32-13-7-4-8-14-32)38-26-28-44-43(30-38)47-45(49-44)35-19-17-33(18-20-35)31-11-5-3-6-12-31/h3-29,43H,30H2,1-2H3. The van der Waals surface area contributed by atoms with Crippen LogP contribution in [0.2, 0.25) is 0 Å². The molecule has 0 aromatic heterocycles. The van der Waals surface area contributed by atoms with E-state index >= 15 is 0 Å². The zero-order valence-corrected chi connectivity index (χ0v) is 28.5. The first-order chi connectivity index (χ1) is 24.0. The number of anilines is 2. The first-order valence-corrected chi connectivity index (χ1v) is 17.9. The molecule has 0 saturated heterocycles. The fourth-order valence-corrected chi connectivity index (χ4v) is 8.69. The maximum atomic E-state index is 5.31. The van der Waals surface area contributed by atoms with Crippen LogP contribution in [0.4, 0.5) is 11.4 Å². The summed E-state index contributed by atoms with van der Waals surface area (Å²) in [4.78, 5) is 9.08. The minimum atomic E-state index is -0.0733. The van der Waals surface area contributed by atoms with Crippen LogP contribution in [-0.2, 0) is 5.41 Å². The van der Waals surface area contributed by atoms with Crippen molar-refractivity contribution >= 4 is 28.2 Å². The molecule has 1 heterocycles. The van der Waals surface area contributed by atoms with E-state index in [0.29, 0.717) is 0 Å². The summed E-state index contributed by atoms with van der Waals surface area (Å²) in [5.74, 6) is 0. The van der Waals surface area contributed by atoms with Crippen molar-refractivity contribution in [3.05, 3.63) is 191 Å². The molecule has 49 heavy (non-hydrogen) atoms. The van der Waals surface area contributed by atoms with E-state index in [1.54, 1.807) is 0 Å². The highest BCUT2D eigenvalue weighted by Gasteiger charge is 2.36. The predicted octanol–water partition coefficient (Wildman–Crippen LogP) is 12.2. The second kappa shape index (κ2) is 11.9. The third-order valence-electron chi connectivity index (χ3n) is 10.2. The average molecular weight is 649 g/mol. The Morgan fingerprint density at radius 3 is 1.80 bits per heavy atom. The third-order valence-corrected chi connectivity index (χ3v) is 11.4. The minimum Gasteiger partial charge on any atom is -0.314 e. The van der Waals surface area contributed by atoms with Gasteiger partial charge in [0, 0.05) is 39.4 Å². The van der Waals surface area contributed by atoms with E-state index < -0.39 is 0 Å². The third kappa shape index (κ3) is 5.26. The van der Waals surface area contributed by atoms with Gasteiger partial charge in [-0.2, -0.15) is 0 Å². The summed E-state index contributed by atoms with van der Waals surface area (Å²) in [5, 5.41) is 1.10. The molecule has 1 aliphatic heterocycles. The van der Waals surface area contributed by atoms with Crippen LogP contribution in [-0.4, -0.2) is 11.1 Å². The summed E-state index contributed by atoms with van der Waals surface area (Å²) < 4.78 is 0. The zero-order valence-electron chi connectivity index (χ0n) is 27.7. The summed E-state index contributed by atoms with van der Waals surface area (Å²) in [6.07, 6.45) is 5.45. The molecule has 1 unspecified atom stereocenters. The second-order valence-electron chi connectivity index (χ2n) is 13.6. The van der Waals surface area contributed by atoms with Gasteiger partial charge >= 0.3 is 0 Å². The summed E-state index contributed by atoms with van der Waals surface area (Å²) in [6, 6.07) is 55.1. The van der Waals surface area contributed by atoms with Gasteiger partial charge in [0.15, 0.2) is 0 Å². The van der Waals surface area contributed by atoms with Gasteiger partial charge in [-0.05, 0) is 80.9 Å². The van der Waals surface area contributed by atoms with Crippen molar-refractivity contribution in [2.45, 2.75) is 31.7 Å². The quantitative estimate of drug-likeness (QED) is 0.179. The lowest BCUT2D eigenvalue weighted by Gasteiger charge is -2.32. The Labute approximate surface area is 293 Å². The molecule has 9 rings (SSSR count). The highest BCUT2D eigenvalue weighted by atomic mass is 32.2. The molecule has 3 heteroatoms. The molecule has 236 valence electrons. The van der Waals surface area contributed by atoms with Crippen LogP contribution in [0.25, 0.3) is 33.4 Å². The van der Waals surface area contributed by atoms with Crippen molar-refractivity contribution in [1.82, 2.24) is 0 Å². The van der Waals surface area contributed by atoms with Crippen molar-refractivity contribution in [3.8, 4) is 33.4 Å². The van der Waals surface area contributed by atoms with Gasteiger partial charge in [0.05, 0.1) is 6.04 Å². The van der Waals surface area contributed by atoms with Crippen LogP contribution in [0.3, 0.4) is 0 Å². The van der Waals surface area contributed by atoms with Crippen LogP contribution >= 0.6 is 11.8 Å². The number of rotatable bonds is 6. The van der Waals surface area contributed by atoms with Crippen LogP contribution in [0.5, 0.6) is 0 Å². The molecule has 0 fully saturated rings. The van der Waals surface area contributed by atoms with Crippen molar-refractivity contribution in [2.24, 2.45) is 4.99 Å². The Bertz CT molecular complexity index is 2280. The number of benzene rings is 6. The number of hydrogen-bond acceptors (Lipinski definition) is 3. The molecule has 3 aliphatic rings. The van der Waals surface area contributed by atoms with Gasteiger partial charge in [0.25, 0.3) is 0 Å². The molecule has 2 nitrogen and oxygen atoms in total. The maximum absolute atomic E-state index is 5.31. The highest BCUT2D eigenvalue weighted by Crippen LogP contribution is 2.51. The number of allylic oxidation sites excluding steroid dienone is 2. The lowest BCUT2D eigenvalue weighted by atomic mass is 9.82. The molecular weight excluding hydrogens is 613 g/mol. The van der Waals surface area contributed by atoms with Crippen LogP contribution < -0.4 is 4.90 Å². The van der Waals surface area contributed by atoms with E-state index in [-0.39, 0.29) is 11.5 Å². The van der Waals surface area contributed by atoms with Gasteiger partial charge in [-0.15, -0.1) is 0 Å². The monoisotopic (exact) mass is 648 g/mol. The molecule has 0 saturated carbocycles. The lowest BCUT2D eigenvalue weighted by molar-refractivity contribution is 0.660. The second-order valence-corrected chi connectivity index (χ2v) is 14.6. The lowest BCUT2D eigenvalue weighted by Crippen LogP contribution is -2.23. The summed E-state index contributed by atoms with van der Waals surface area (Å²) in [5.41, 5.74) is 15.0. The first kappa shape index (κ1) is 29.7. The summed E-state index contributed by atoms with van der Waals surface area (Å²) in [6.45, 7) is 4.71. The average Bonchev–Trinajstić information content (AvgIpc) is 3.69. The Balaban J connectivity index is 1.07. The fraction of sp³-hybridized carbons (Fsp3) is 0.109. The molecule has 0 N–H and O–H groups in total. The molecule has 6 aromatic carbocycles. The predicted molar refractivity (Wildman–Crippen MR) is 209 cm³/mol. The largest absolute Gasteiger partial charge is 0.314 e. The van der Waals surface area contributed by atoms with E-state index in [0.717, 1.165) is 17.2 Å². The molecule has 0 radical (unpaired) electrons. The van der Waals surface area contributed by atoms with E-state index in [1.807, 2.05) is 11.8 Å². The van der Waals surface area contributed by atoms with Crippen LogP contribution in [0.15, 0.2) is 179 Å². The Kier molecular flexibility index (Phi) is 7.25. The van der Waals surface area contributed by atoms with Gasteiger partial charge in [-0.1, -0.05) is 153 Å². The smallest absolute Gasteiger partial charge is 0.103 e.